The van der Waals surface area contributed by atoms with Crippen molar-refractivity contribution >= 4 is 6.08 Å². The normalized spacial score (nSPS) is 22.5. The van der Waals surface area contributed by atoms with Crippen molar-refractivity contribution in [1.82, 2.24) is 4.98 Å². The molecule has 2 aliphatic carbocycles. The van der Waals surface area contributed by atoms with Gasteiger partial charge in [-0.25, -0.2) is 4.98 Å². The molecule has 1 aromatic carbocycles. The molecule has 3 nitrogen and oxygen atoms in total. The second-order valence-corrected chi connectivity index (χ2v) is 7.03. The van der Waals surface area contributed by atoms with Crippen molar-refractivity contribution in [3.8, 4) is 11.6 Å². The van der Waals surface area contributed by atoms with E-state index in [0.717, 1.165) is 24.5 Å². The quantitative estimate of drug-likeness (QED) is 0.859. The molecule has 3 heteroatoms. The lowest BCUT2D eigenvalue weighted by Crippen LogP contribution is -2.23. The third-order valence-electron chi connectivity index (χ3n) is 4.88. The third-order valence-corrected chi connectivity index (χ3v) is 4.88. The molecule has 24 heavy (non-hydrogen) atoms. The number of pyridine rings is 1. The summed E-state index contributed by atoms with van der Waals surface area (Å²) < 4.78 is 5.84. The van der Waals surface area contributed by atoms with Gasteiger partial charge in [0.25, 0.3) is 0 Å². The molecule has 2 N–H and O–H groups in total. The van der Waals surface area contributed by atoms with Crippen molar-refractivity contribution in [1.29, 1.82) is 0 Å². The summed E-state index contributed by atoms with van der Waals surface area (Å²) in [6.45, 7) is 0. The molecule has 2 aliphatic rings. The summed E-state index contributed by atoms with van der Waals surface area (Å²) in [4.78, 5) is 4.41. The van der Waals surface area contributed by atoms with E-state index in [9.17, 15) is 0 Å². The minimum atomic E-state index is 0.331. The van der Waals surface area contributed by atoms with Crippen molar-refractivity contribution in [3.63, 3.8) is 0 Å². The average molecular weight is 320 g/mol. The predicted molar refractivity (Wildman–Crippen MR) is 97.1 cm³/mol. The van der Waals surface area contributed by atoms with Crippen LogP contribution in [0.4, 0.5) is 0 Å². The monoisotopic (exact) mass is 320 g/mol. The second-order valence-electron chi connectivity index (χ2n) is 7.03. The van der Waals surface area contributed by atoms with Crippen LogP contribution < -0.4 is 10.5 Å². The van der Waals surface area contributed by atoms with E-state index >= 15 is 0 Å². The molecule has 0 aliphatic heterocycles. The van der Waals surface area contributed by atoms with Gasteiger partial charge in [0.2, 0.25) is 5.88 Å². The van der Waals surface area contributed by atoms with Gasteiger partial charge < -0.3 is 10.5 Å². The van der Waals surface area contributed by atoms with Gasteiger partial charge in [0, 0.05) is 18.3 Å². The highest BCUT2D eigenvalue weighted by Gasteiger charge is 2.23. The van der Waals surface area contributed by atoms with Crippen LogP contribution in [0, 0.1) is 0 Å². The molecule has 0 saturated heterocycles. The van der Waals surface area contributed by atoms with Crippen LogP contribution in [-0.4, -0.2) is 11.0 Å². The molecule has 2 aromatic rings. The van der Waals surface area contributed by atoms with Gasteiger partial charge in [-0.3, -0.25) is 0 Å². The van der Waals surface area contributed by atoms with Crippen LogP contribution in [0.15, 0.2) is 48.2 Å². The molecular formula is C21H24N2O. The molecule has 0 bridgehead atoms. The topological polar surface area (TPSA) is 48.1 Å². The molecule has 0 radical (unpaired) electrons. The smallest absolute Gasteiger partial charge is 0.219 e. The first kappa shape index (κ1) is 15.4. The first-order valence-corrected chi connectivity index (χ1v) is 8.95. The number of hydrogen-bond donors (Lipinski definition) is 1. The van der Waals surface area contributed by atoms with Crippen molar-refractivity contribution in [2.24, 2.45) is 5.73 Å². The van der Waals surface area contributed by atoms with Crippen LogP contribution in [0.1, 0.15) is 55.6 Å². The highest BCUT2D eigenvalue weighted by molar-refractivity contribution is 5.54. The number of rotatable bonds is 4. The summed E-state index contributed by atoms with van der Waals surface area (Å²) in [5.41, 5.74) is 10.1. The molecule has 0 amide bonds. The second kappa shape index (κ2) is 6.78. The van der Waals surface area contributed by atoms with E-state index in [1.807, 2.05) is 24.4 Å². The van der Waals surface area contributed by atoms with Crippen molar-refractivity contribution in [2.45, 2.75) is 50.5 Å². The van der Waals surface area contributed by atoms with Crippen LogP contribution in [0.3, 0.4) is 0 Å². The van der Waals surface area contributed by atoms with Crippen LogP contribution in [0.5, 0.6) is 11.6 Å². The molecule has 1 unspecified atom stereocenters. The summed E-state index contributed by atoms with van der Waals surface area (Å²) in [7, 11) is 0. The highest BCUT2D eigenvalue weighted by atomic mass is 16.5. The van der Waals surface area contributed by atoms with E-state index < -0.39 is 0 Å². The van der Waals surface area contributed by atoms with E-state index in [-0.39, 0.29) is 0 Å². The molecule has 4 rings (SSSR count). The average Bonchev–Trinajstić information content (AvgIpc) is 3.43. The van der Waals surface area contributed by atoms with Gasteiger partial charge in [-0.1, -0.05) is 29.8 Å². The number of benzene rings is 1. The predicted octanol–water partition coefficient (Wildman–Crippen LogP) is 5.04. The molecular weight excluding hydrogens is 296 g/mol. The zero-order valence-electron chi connectivity index (χ0n) is 13.9. The number of aromatic nitrogens is 1. The lowest BCUT2D eigenvalue weighted by molar-refractivity contribution is 0.462. The molecule has 0 spiro atoms. The van der Waals surface area contributed by atoms with Gasteiger partial charge in [0.15, 0.2) is 0 Å². The lowest BCUT2D eigenvalue weighted by Gasteiger charge is -2.20. The van der Waals surface area contributed by atoms with Crippen LogP contribution >= 0.6 is 0 Å². The Balaban J connectivity index is 1.40. The Kier molecular flexibility index (Phi) is 4.35. The molecule has 1 aromatic heterocycles. The lowest BCUT2D eigenvalue weighted by atomic mass is 9.90. The third kappa shape index (κ3) is 3.85. The number of hydrogen-bond acceptors (Lipinski definition) is 3. The van der Waals surface area contributed by atoms with E-state index in [1.165, 1.54) is 42.4 Å². The van der Waals surface area contributed by atoms with E-state index in [0.29, 0.717) is 11.9 Å². The first-order chi connectivity index (χ1) is 11.8. The standard InChI is InChI=1S/C21H24N2O/c22-19-3-1-2-16(13-19)12-15-4-9-20(10-5-15)24-21-11-8-18(14-23-21)17-6-7-17/h4-5,8-12,14,17,19H,1-3,6-7,13,22H2/b16-12+. The van der Waals surface area contributed by atoms with Gasteiger partial charge >= 0.3 is 0 Å². The van der Waals surface area contributed by atoms with Crippen LogP contribution in [0.2, 0.25) is 0 Å². The fourth-order valence-corrected chi connectivity index (χ4v) is 3.36. The van der Waals surface area contributed by atoms with E-state index in [4.69, 9.17) is 10.5 Å². The van der Waals surface area contributed by atoms with E-state index in [2.05, 4.69) is 29.3 Å². The summed E-state index contributed by atoms with van der Waals surface area (Å²) in [6.07, 6.45) is 11.4. The fourth-order valence-electron chi connectivity index (χ4n) is 3.36. The van der Waals surface area contributed by atoms with Crippen molar-refractivity contribution in [2.75, 3.05) is 0 Å². The Morgan fingerprint density at radius 3 is 2.54 bits per heavy atom. The van der Waals surface area contributed by atoms with Crippen molar-refractivity contribution in [3.05, 3.63) is 59.3 Å². The maximum Gasteiger partial charge on any atom is 0.219 e. The molecule has 124 valence electrons. The molecule has 1 atom stereocenters. The van der Waals surface area contributed by atoms with Gasteiger partial charge in [-0.05, 0) is 67.7 Å². The Morgan fingerprint density at radius 2 is 1.88 bits per heavy atom. The van der Waals surface area contributed by atoms with Crippen LogP contribution in [-0.2, 0) is 0 Å². The largest absolute Gasteiger partial charge is 0.439 e. The maximum absolute atomic E-state index is 6.05. The van der Waals surface area contributed by atoms with Gasteiger partial charge in [-0.15, -0.1) is 0 Å². The fraction of sp³-hybridized carbons (Fsp3) is 0.381. The Bertz CT molecular complexity index is 715. The highest BCUT2D eigenvalue weighted by Crippen LogP contribution is 2.40. The minimum Gasteiger partial charge on any atom is -0.439 e. The molecule has 2 saturated carbocycles. The molecule has 2 fully saturated rings. The van der Waals surface area contributed by atoms with E-state index in [1.54, 1.807) is 0 Å². The summed E-state index contributed by atoms with van der Waals surface area (Å²) in [5.74, 6) is 2.21. The molecule has 1 heterocycles. The van der Waals surface area contributed by atoms with Crippen LogP contribution in [0.25, 0.3) is 6.08 Å². The van der Waals surface area contributed by atoms with Gasteiger partial charge in [0.1, 0.15) is 5.75 Å². The summed E-state index contributed by atoms with van der Waals surface area (Å²) >= 11 is 0. The summed E-state index contributed by atoms with van der Waals surface area (Å²) in [5, 5.41) is 0. The first-order valence-electron chi connectivity index (χ1n) is 8.95. The van der Waals surface area contributed by atoms with Gasteiger partial charge in [0.05, 0.1) is 0 Å². The van der Waals surface area contributed by atoms with Crippen molar-refractivity contribution < 1.29 is 4.74 Å². The Hall–Kier alpha value is -2.13. The minimum absolute atomic E-state index is 0.331. The summed E-state index contributed by atoms with van der Waals surface area (Å²) in [6, 6.07) is 12.6. The number of nitrogens with zero attached hydrogens (tertiary/aromatic N) is 1. The Morgan fingerprint density at radius 1 is 1.04 bits per heavy atom. The maximum atomic E-state index is 6.05. The zero-order valence-corrected chi connectivity index (χ0v) is 13.9. The number of nitrogens with two attached hydrogens (primary N) is 1. The number of ether oxygens (including phenoxy) is 1. The Labute approximate surface area is 143 Å². The SMILES string of the molecule is NC1CCC/C(=C\c2ccc(Oc3ccc(C4CC4)cn3)cc2)C1. The zero-order chi connectivity index (χ0) is 16.4. The van der Waals surface area contributed by atoms with Gasteiger partial charge in [-0.2, -0.15) is 0 Å².